The van der Waals surface area contributed by atoms with Crippen molar-refractivity contribution < 1.29 is 29.1 Å². The minimum atomic E-state index is -1.75. The number of hydrogen-bond acceptors (Lipinski definition) is 3. The van der Waals surface area contributed by atoms with Gasteiger partial charge in [-0.3, -0.25) is 5.32 Å². The SMILES string of the molecule is C[C@]1(C(=O)O)CNC(=O)[N+]1(Cc1ccccc1)C(=O)O. The lowest BCUT2D eigenvalue weighted by atomic mass is 9.98. The van der Waals surface area contributed by atoms with Gasteiger partial charge in [-0.2, -0.15) is 4.79 Å². The molecular formula is C13H15N2O5+. The number of carboxylic acid groups (broad SMARTS) is 2. The monoisotopic (exact) mass is 279 g/mol. The molecule has 7 heteroatoms. The van der Waals surface area contributed by atoms with E-state index in [2.05, 4.69) is 5.32 Å². The highest BCUT2D eigenvalue weighted by Crippen LogP contribution is 2.34. The molecule has 20 heavy (non-hydrogen) atoms. The molecule has 3 amide bonds. The molecule has 0 aromatic heterocycles. The van der Waals surface area contributed by atoms with Crippen LogP contribution in [0.5, 0.6) is 0 Å². The maximum atomic E-state index is 12.1. The number of rotatable bonds is 3. The molecule has 1 fully saturated rings. The molecule has 1 aromatic carbocycles. The van der Waals surface area contributed by atoms with E-state index in [0.717, 1.165) is 0 Å². The Balaban J connectivity index is 2.55. The van der Waals surface area contributed by atoms with Gasteiger partial charge in [0.25, 0.3) is 0 Å². The molecule has 1 aliphatic heterocycles. The minimum absolute atomic E-state index is 0.217. The van der Waals surface area contributed by atoms with Gasteiger partial charge < -0.3 is 10.2 Å². The molecule has 1 aromatic rings. The van der Waals surface area contributed by atoms with Crippen molar-refractivity contribution in [1.82, 2.24) is 5.32 Å². The van der Waals surface area contributed by atoms with Gasteiger partial charge in [-0.25, -0.2) is 9.59 Å². The topological polar surface area (TPSA) is 104 Å². The summed E-state index contributed by atoms with van der Waals surface area (Å²) >= 11 is 0. The number of urea groups is 1. The summed E-state index contributed by atoms with van der Waals surface area (Å²) in [6.07, 6.45) is -1.48. The van der Waals surface area contributed by atoms with Crippen LogP contribution in [0.4, 0.5) is 9.59 Å². The number of aliphatic carboxylic acids is 1. The van der Waals surface area contributed by atoms with Gasteiger partial charge in [0.1, 0.15) is 6.54 Å². The summed E-state index contributed by atoms with van der Waals surface area (Å²) in [5.41, 5.74) is -1.17. The molecule has 2 rings (SSSR count). The van der Waals surface area contributed by atoms with E-state index in [-0.39, 0.29) is 13.1 Å². The first-order chi connectivity index (χ1) is 9.34. The number of hydrogen-bond donors (Lipinski definition) is 3. The van der Waals surface area contributed by atoms with Crippen LogP contribution in [0.25, 0.3) is 0 Å². The lowest BCUT2D eigenvalue weighted by Crippen LogP contribution is -2.67. The molecule has 106 valence electrons. The Morgan fingerprint density at radius 3 is 2.40 bits per heavy atom. The van der Waals surface area contributed by atoms with E-state index in [4.69, 9.17) is 0 Å². The fourth-order valence-corrected chi connectivity index (χ4v) is 2.45. The lowest BCUT2D eigenvalue weighted by molar-refractivity contribution is -0.823. The van der Waals surface area contributed by atoms with Crippen LogP contribution in [0.1, 0.15) is 12.5 Å². The third-order valence-corrected chi connectivity index (χ3v) is 3.82. The van der Waals surface area contributed by atoms with Gasteiger partial charge in [0.2, 0.25) is 5.54 Å². The first-order valence-electron chi connectivity index (χ1n) is 6.02. The van der Waals surface area contributed by atoms with Gasteiger partial charge in [-0.15, -0.1) is 4.48 Å². The maximum Gasteiger partial charge on any atom is 0.524 e. The first-order valence-corrected chi connectivity index (χ1v) is 6.02. The van der Waals surface area contributed by atoms with Gasteiger partial charge in [0.15, 0.2) is 0 Å². The molecular weight excluding hydrogens is 264 g/mol. The van der Waals surface area contributed by atoms with Crippen molar-refractivity contribution in [3.8, 4) is 0 Å². The van der Waals surface area contributed by atoms with Crippen molar-refractivity contribution in [2.24, 2.45) is 0 Å². The Morgan fingerprint density at radius 1 is 1.30 bits per heavy atom. The number of amides is 3. The highest BCUT2D eigenvalue weighted by atomic mass is 16.4. The quantitative estimate of drug-likeness (QED) is 0.722. The Kier molecular flexibility index (Phi) is 3.23. The summed E-state index contributed by atoms with van der Waals surface area (Å²) in [5, 5.41) is 21.3. The van der Waals surface area contributed by atoms with E-state index in [1.54, 1.807) is 30.3 Å². The molecule has 0 radical (unpaired) electrons. The smallest absolute Gasteiger partial charge is 0.477 e. The predicted molar refractivity (Wildman–Crippen MR) is 67.9 cm³/mol. The number of carbonyl (C=O) groups is 3. The second-order valence-corrected chi connectivity index (χ2v) is 4.97. The lowest BCUT2D eigenvalue weighted by Gasteiger charge is -2.34. The van der Waals surface area contributed by atoms with Crippen LogP contribution in [0, 0.1) is 0 Å². The van der Waals surface area contributed by atoms with E-state index < -0.39 is 28.1 Å². The standard InChI is InChI=1S/C13H14N2O5/c1-13(10(16)17)8-14-11(18)15(13,12(19)20)7-9-5-3-2-4-6-9/h2-6H,7-8H2,1H3,(H2-,14,16,17,18,19,20)/p+1/t13-,15?/m1/s1. The Hall–Kier alpha value is -2.41. The zero-order valence-corrected chi connectivity index (χ0v) is 10.9. The van der Waals surface area contributed by atoms with Crippen molar-refractivity contribution in [1.29, 1.82) is 0 Å². The molecule has 0 saturated carbocycles. The molecule has 0 spiro atoms. The Morgan fingerprint density at radius 2 is 1.90 bits per heavy atom. The minimum Gasteiger partial charge on any atom is -0.477 e. The molecule has 1 unspecified atom stereocenters. The van der Waals surface area contributed by atoms with Gasteiger partial charge in [-0.1, -0.05) is 30.3 Å². The van der Waals surface area contributed by atoms with Gasteiger partial charge in [0, 0.05) is 12.5 Å². The molecule has 3 N–H and O–H groups in total. The summed E-state index contributed by atoms with van der Waals surface area (Å²) in [6, 6.07) is 7.69. The number of nitrogens with one attached hydrogen (secondary N) is 1. The predicted octanol–water partition coefficient (Wildman–Crippen LogP) is 1.25. The highest BCUT2D eigenvalue weighted by Gasteiger charge is 2.68. The zero-order valence-electron chi connectivity index (χ0n) is 10.9. The second kappa shape index (κ2) is 4.61. The molecule has 0 aliphatic carbocycles. The number of carboxylic acids is 1. The summed E-state index contributed by atoms with van der Waals surface area (Å²) in [4.78, 5) is 35.3. The van der Waals surface area contributed by atoms with E-state index in [1.807, 2.05) is 0 Å². The average molecular weight is 279 g/mol. The van der Waals surface area contributed by atoms with Crippen molar-refractivity contribution in [2.75, 3.05) is 6.54 Å². The van der Waals surface area contributed by atoms with Crippen molar-refractivity contribution >= 4 is 18.1 Å². The second-order valence-electron chi connectivity index (χ2n) is 4.97. The number of imide groups is 1. The largest absolute Gasteiger partial charge is 0.524 e. The third kappa shape index (κ3) is 1.75. The number of benzene rings is 1. The molecule has 1 saturated heterocycles. The summed E-state index contributed by atoms with van der Waals surface area (Å²) in [7, 11) is 0. The Labute approximate surface area is 115 Å². The van der Waals surface area contributed by atoms with Gasteiger partial charge in [-0.05, 0) is 0 Å². The summed E-state index contributed by atoms with van der Waals surface area (Å²) < 4.78 is -1.19. The van der Waals surface area contributed by atoms with Gasteiger partial charge in [0.05, 0.1) is 6.54 Å². The van der Waals surface area contributed by atoms with Crippen LogP contribution in [0.2, 0.25) is 0 Å². The number of nitrogens with zero attached hydrogens (tertiary/aromatic N) is 1. The molecule has 2 atom stereocenters. The fourth-order valence-electron chi connectivity index (χ4n) is 2.45. The van der Waals surface area contributed by atoms with Crippen LogP contribution < -0.4 is 5.32 Å². The van der Waals surface area contributed by atoms with Crippen LogP contribution >= 0.6 is 0 Å². The van der Waals surface area contributed by atoms with Crippen molar-refractivity contribution in [3.05, 3.63) is 35.9 Å². The van der Waals surface area contributed by atoms with Gasteiger partial charge >= 0.3 is 18.1 Å². The van der Waals surface area contributed by atoms with E-state index >= 15 is 0 Å². The molecule has 7 nitrogen and oxygen atoms in total. The fraction of sp³-hybridized carbons (Fsp3) is 0.308. The zero-order chi connectivity index (χ0) is 15.0. The number of quaternary nitrogens is 1. The van der Waals surface area contributed by atoms with E-state index in [1.165, 1.54) is 6.92 Å². The van der Waals surface area contributed by atoms with E-state index in [0.29, 0.717) is 5.56 Å². The molecule has 0 bridgehead atoms. The van der Waals surface area contributed by atoms with Crippen LogP contribution in [0.15, 0.2) is 30.3 Å². The first kappa shape index (κ1) is 14.0. The molecule has 1 heterocycles. The Bertz CT molecular complexity index is 573. The normalized spacial score (nSPS) is 28.9. The highest BCUT2D eigenvalue weighted by molar-refractivity contribution is 5.90. The number of carbonyl (C=O) groups excluding carboxylic acids is 1. The summed E-state index contributed by atoms with van der Waals surface area (Å²) in [5.74, 6) is -1.32. The van der Waals surface area contributed by atoms with Crippen molar-refractivity contribution in [3.63, 3.8) is 0 Å². The third-order valence-electron chi connectivity index (χ3n) is 3.82. The average Bonchev–Trinajstić information content (AvgIpc) is 2.67. The van der Waals surface area contributed by atoms with Crippen molar-refractivity contribution in [2.45, 2.75) is 19.0 Å². The van der Waals surface area contributed by atoms with Crippen LogP contribution in [0.3, 0.4) is 0 Å². The maximum absolute atomic E-state index is 12.1. The van der Waals surface area contributed by atoms with Crippen LogP contribution in [-0.2, 0) is 11.3 Å². The van der Waals surface area contributed by atoms with E-state index in [9.17, 15) is 24.6 Å². The van der Waals surface area contributed by atoms with Crippen LogP contribution in [-0.4, -0.2) is 44.9 Å². The molecule has 1 aliphatic rings. The summed E-state index contributed by atoms with van der Waals surface area (Å²) in [6.45, 7) is 0.829.